The monoisotopic (exact) mass is 263 g/mol. The summed E-state index contributed by atoms with van der Waals surface area (Å²) in [6.07, 6.45) is -4.51. The highest BCUT2D eigenvalue weighted by Crippen LogP contribution is 2.37. The summed E-state index contributed by atoms with van der Waals surface area (Å²) in [6, 6.07) is 1.22. The fourth-order valence-corrected chi connectivity index (χ4v) is 2.50. The van der Waals surface area contributed by atoms with Gasteiger partial charge in [0, 0.05) is 19.5 Å². The maximum Gasteiger partial charge on any atom is 0.435 e. The van der Waals surface area contributed by atoms with Gasteiger partial charge >= 0.3 is 6.18 Å². The van der Waals surface area contributed by atoms with Crippen LogP contribution in [0.5, 0.6) is 0 Å². The predicted molar refractivity (Wildman–Crippen MR) is 57.0 cm³/mol. The summed E-state index contributed by atoms with van der Waals surface area (Å²) in [5.41, 5.74) is -0.957. The van der Waals surface area contributed by atoms with E-state index in [-0.39, 0.29) is 10.3 Å². The van der Waals surface area contributed by atoms with E-state index in [0.717, 1.165) is 16.0 Å². The second kappa shape index (κ2) is 3.73. The highest BCUT2D eigenvalue weighted by atomic mass is 32.1. The SMILES string of the molecule is CNC(=O)c1cc2c(C(F)(F)F)nn(C)c2s1. The minimum atomic E-state index is -4.51. The Bertz CT molecular complexity index is 584. The van der Waals surface area contributed by atoms with Crippen molar-refractivity contribution in [2.45, 2.75) is 6.18 Å². The molecule has 0 bridgehead atoms. The molecular formula is C9H8F3N3OS. The quantitative estimate of drug-likeness (QED) is 0.855. The van der Waals surface area contributed by atoms with Crippen LogP contribution in [0.25, 0.3) is 10.2 Å². The maximum absolute atomic E-state index is 12.7. The van der Waals surface area contributed by atoms with Gasteiger partial charge in [0.2, 0.25) is 0 Å². The summed E-state index contributed by atoms with van der Waals surface area (Å²) in [4.78, 5) is 11.9. The largest absolute Gasteiger partial charge is 0.435 e. The molecule has 0 fully saturated rings. The first-order valence-corrected chi connectivity index (χ1v) is 5.42. The lowest BCUT2D eigenvalue weighted by molar-refractivity contribution is -0.140. The second-order valence-corrected chi connectivity index (χ2v) is 4.41. The van der Waals surface area contributed by atoms with Crippen LogP contribution < -0.4 is 5.32 Å². The van der Waals surface area contributed by atoms with Crippen LogP contribution in [0, 0.1) is 0 Å². The van der Waals surface area contributed by atoms with Crippen molar-refractivity contribution in [3.63, 3.8) is 0 Å². The molecule has 8 heteroatoms. The molecule has 0 saturated heterocycles. The van der Waals surface area contributed by atoms with Crippen LogP contribution in [0.2, 0.25) is 0 Å². The third kappa shape index (κ3) is 1.88. The molecule has 92 valence electrons. The van der Waals surface area contributed by atoms with Crippen molar-refractivity contribution in [1.29, 1.82) is 0 Å². The summed E-state index contributed by atoms with van der Waals surface area (Å²) in [6.45, 7) is 0. The molecule has 0 unspecified atom stereocenters. The van der Waals surface area contributed by atoms with Gasteiger partial charge in [-0.15, -0.1) is 11.3 Å². The Morgan fingerprint density at radius 2 is 2.18 bits per heavy atom. The molecule has 2 aromatic rings. The number of carbonyl (C=O) groups is 1. The number of alkyl halides is 3. The number of aromatic nitrogens is 2. The Hall–Kier alpha value is -1.57. The van der Waals surface area contributed by atoms with Crippen molar-refractivity contribution in [3.8, 4) is 0 Å². The number of fused-ring (bicyclic) bond motifs is 1. The van der Waals surface area contributed by atoms with E-state index in [9.17, 15) is 18.0 Å². The number of carbonyl (C=O) groups excluding carboxylic acids is 1. The first-order valence-electron chi connectivity index (χ1n) is 4.60. The molecular weight excluding hydrogens is 255 g/mol. The van der Waals surface area contributed by atoms with E-state index in [1.54, 1.807) is 0 Å². The maximum atomic E-state index is 12.7. The molecule has 0 aliphatic rings. The van der Waals surface area contributed by atoms with Crippen molar-refractivity contribution in [2.24, 2.45) is 7.05 Å². The lowest BCUT2D eigenvalue weighted by Gasteiger charge is -2.01. The molecule has 2 rings (SSSR count). The summed E-state index contributed by atoms with van der Waals surface area (Å²) in [5.74, 6) is -0.403. The molecule has 17 heavy (non-hydrogen) atoms. The third-order valence-corrected chi connectivity index (χ3v) is 3.43. The van der Waals surface area contributed by atoms with Crippen LogP contribution in [0.1, 0.15) is 15.4 Å². The number of thiophene rings is 1. The topological polar surface area (TPSA) is 46.9 Å². The molecule has 0 saturated carbocycles. The van der Waals surface area contributed by atoms with E-state index in [4.69, 9.17) is 0 Å². The molecule has 0 aliphatic heterocycles. The van der Waals surface area contributed by atoms with Crippen LogP contribution in [-0.4, -0.2) is 22.7 Å². The van der Waals surface area contributed by atoms with Crippen molar-refractivity contribution in [1.82, 2.24) is 15.1 Å². The van der Waals surface area contributed by atoms with Crippen molar-refractivity contribution in [3.05, 3.63) is 16.6 Å². The molecule has 4 nitrogen and oxygen atoms in total. The highest BCUT2D eigenvalue weighted by molar-refractivity contribution is 7.20. The average Bonchev–Trinajstić information content (AvgIpc) is 2.77. The van der Waals surface area contributed by atoms with Gasteiger partial charge in [0.1, 0.15) is 4.83 Å². The Morgan fingerprint density at radius 1 is 1.53 bits per heavy atom. The predicted octanol–water partition coefficient (Wildman–Crippen LogP) is 2.01. The molecule has 0 aliphatic carbocycles. The van der Waals surface area contributed by atoms with Crippen molar-refractivity contribution >= 4 is 27.5 Å². The summed E-state index contributed by atoms with van der Waals surface area (Å²) in [7, 11) is 2.84. The minimum absolute atomic E-state index is 0.0383. The number of hydrogen-bond donors (Lipinski definition) is 1. The third-order valence-electron chi connectivity index (χ3n) is 2.23. The Labute approximate surface area is 98.0 Å². The number of rotatable bonds is 1. The van der Waals surface area contributed by atoms with E-state index in [1.165, 1.54) is 20.2 Å². The summed E-state index contributed by atoms with van der Waals surface area (Å²) >= 11 is 0.982. The average molecular weight is 263 g/mol. The van der Waals surface area contributed by atoms with Crippen molar-refractivity contribution in [2.75, 3.05) is 7.05 Å². The van der Waals surface area contributed by atoms with Crippen LogP contribution in [0.15, 0.2) is 6.07 Å². The van der Waals surface area contributed by atoms with Gasteiger partial charge in [-0.25, -0.2) is 0 Å². The molecule has 0 spiro atoms. The zero-order valence-corrected chi connectivity index (χ0v) is 9.74. The standard InChI is InChI=1S/C9H8F3N3OS/c1-13-7(16)5-3-4-6(9(10,11)12)14-15(2)8(4)17-5/h3H,1-2H3,(H,13,16). The molecule has 2 heterocycles. The lowest BCUT2D eigenvalue weighted by Crippen LogP contribution is -2.16. The summed E-state index contributed by atoms with van der Waals surface area (Å²) < 4.78 is 39.1. The number of nitrogens with zero attached hydrogens (tertiary/aromatic N) is 2. The van der Waals surface area contributed by atoms with E-state index < -0.39 is 17.8 Å². The number of hydrogen-bond acceptors (Lipinski definition) is 3. The normalized spacial score (nSPS) is 12.1. The van der Waals surface area contributed by atoms with Crippen LogP contribution in [-0.2, 0) is 13.2 Å². The van der Waals surface area contributed by atoms with Crippen molar-refractivity contribution < 1.29 is 18.0 Å². The Balaban J connectivity index is 2.65. The van der Waals surface area contributed by atoms with Gasteiger partial charge in [0.05, 0.1) is 4.88 Å². The fourth-order valence-electron chi connectivity index (χ4n) is 1.49. The molecule has 0 aromatic carbocycles. The number of amides is 1. The number of nitrogens with one attached hydrogen (secondary N) is 1. The van der Waals surface area contributed by atoms with E-state index >= 15 is 0 Å². The second-order valence-electron chi connectivity index (χ2n) is 3.38. The van der Waals surface area contributed by atoms with Gasteiger partial charge in [-0.05, 0) is 6.07 Å². The van der Waals surface area contributed by atoms with E-state index in [2.05, 4.69) is 10.4 Å². The fraction of sp³-hybridized carbons (Fsp3) is 0.333. The molecule has 0 atom stereocenters. The summed E-state index contributed by atoms with van der Waals surface area (Å²) in [5, 5.41) is 5.75. The van der Waals surface area contributed by atoms with Gasteiger partial charge < -0.3 is 5.32 Å². The van der Waals surface area contributed by atoms with Gasteiger partial charge in [-0.2, -0.15) is 18.3 Å². The minimum Gasteiger partial charge on any atom is -0.354 e. The smallest absolute Gasteiger partial charge is 0.354 e. The number of halogens is 3. The van der Waals surface area contributed by atoms with Gasteiger partial charge in [-0.3, -0.25) is 9.48 Å². The molecule has 1 amide bonds. The van der Waals surface area contributed by atoms with Gasteiger partial charge in [0.15, 0.2) is 5.69 Å². The molecule has 1 N–H and O–H groups in total. The number of aryl methyl sites for hydroxylation is 1. The van der Waals surface area contributed by atoms with Crippen LogP contribution in [0.3, 0.4) is 0 Å². The Morgan fingerprint density at radius 3 is 2.71 bits per heavy atom. The van der Waals surface area contributed by atoms with E-state index in [0.29, 0.717) is 4.83 Å². The Kier molecular flexibility index (Phi) is 2.61. The highest BCUT2D eigenvalue weighted by Gasteiger charge is 2.37. The molecule has 2 aromatic heterocycles. The first-order chi connectivity index (χ1) is 7.84. The van der Waals surface area contributed by atoms with Gasteiger partial charge in [-0.1, -0.05) is 0 Å². The molecule has 0 radical (unpaired) electrons. The van der Waals surface area contributed by atoms with E-state index in [1.807, 2.05) is 0 Å². The zero-order chi connectivity index (χ0) is 12.8. The zero-order valence-electron chi connectivity index (χ0n) is 8.92. The van der Waals surface area contributed by atoms with Crippen LogP contribution >= 0.6 is 11.3 Å². The lowest BCUT2D eigenvalue weighted by atomic mass is 10.3. The first kappa shape index (κ1) is 11.9. The van der Waals surface area contributed by atoms with Crippen LogP contribution in [0.4, 0.5) is 13.2 Å². The van der Waals surface area contributed by atoms with Gasteiger partial charge in [0.25, 0.3) is 5.91 Å².